The Hall–Kier alpha value is -2.96. The SMILES string of the molecule is Cc1ccc(-c2oc(=O)c3ccc(Br)cc3c2-c2c(O)ccc3ccc(Br)cc23)nc1. The molecule has 3 aromatic carbocycles. The van der Waals surface area contributed by atoms with Crippen LogP contribution in [-0.2, 0) is 0 Å². The minimum absolute atomic E-state index is 0.0917. The molecule has 31 heavy (non-hydrogen) atoms. The molecule has 0 saturated carbocycles. The van der Waals surface area contributed by atoms with Crippen LogP contribution in [0.25, 0.3) is 44.1 Å². The summed E-state index contributed by atoms with van der Waals surface area (Å²) in [5, 5.41) is 13.9. The number of aromatic nitrogens is 1. The van der Waals surface area contributed by atoms with Crippen LogP contribution in [0.3, 0.4) is 0 Å². The van der Waals surface area contributed by atoms with Gasteiger partial charge in [-0.25, -0.2) is 4.79 Å². The van der Waals surface area contributed by atoms with E-state index in [1.54, 1.807) is 24.4 Å². The number of hydrogen-bond donors (Lipinski definition) is 1. The number of aromatic hydroxyl groups is 1. The number of rotatable bonds is 2. The van der Waals surface area contributed by atoms with Crippen LogP contribution in [-0.4, -0.2) is 10.1 Å². The van der Waals surface area contributed by atoms with Crippen LogP contribution >= 0.6 is 31.9 Å². The zero-order chi connectivity index (χ0) is 21.7. The number of aryl methyl sites for hydroxylation is 1. The first-order chi connectivity index (χ1) is 14.9. The molecule has 1 N–H and O–H groups in total. The van der Waals surface area contributed by atoms with Crippen molar-refractivity contribution >= 4 is 53.4 Å². The zero-order valence-corrected chi connectivity index (χ0v) is 19.5. The summed E-state index contributed by atoms with van der Waals surface area (Å²) in [7, 11) is 0. The van der Waals surface area contributed by atoms with Crippen molar-refractivity contribution in [3.8, 4) is 28.3 Å². The van der Waals surface area contributed by atoms with Gasteiger partial charge in [0.15, 0.2) is 5.76 Å². The van der Waals surface area contributed by atoms with Gasteiger partial charge in [0.2, 0.25) is 0 Å². The van der Waals surface area contributed by atoms with Crippen LogP contribution in [0.5, 0.6) is 5.75 Å². The first-order valence-electron chi connectivity index (χ1n) is 9.53. The molecular formula is C25H15Br2NO3. The quantitative estimate of drug-likeness (QED) is 0.259. The van der Waals surface area contributed by atoms with Crippen molar-refractivity contribution in [3.05, 3.63) is 91.8 Å². The topological polar surface area (TPSA) is 63.3 Å². The van der Waals surface area contributed by atoms with Crippen molar-refractivity contribution in [3.63, 3.8) is 0 Å². The van der Waals surface area contributed by atoms with E-state index in [9.17, 15) is 9.90 Å². The van der Waals surface area contributed by atoms with Crippen molar-refractivity contribution in [2.75, 3.05) is 0 Å². The number of fused-ring (bicyclic) bond motifs is 2. The summed E-state index contributed by atoms with van der Waals surface area (Å²) in [6.45, 7) is 1.94. The molecule has 2 heterocycles. The third kappa shape index (κ3) is 3.46. The van der Waals surface area contributed by atoms with Crippen LogP contribution in [0.2, 0.25) is 0 Å². The molecule has 0 aliphatic rings. The summed E-state index contributed by atoms with van der Waals surface area (Å²) < 4.78 is 7.51. The van der Waals surface area contributed by atoms with Gasteiger partial charge in [0.25, 0.3) is 0 Å². The Morgan fingerprint density at radius 3 is 2.29 bits per heavy atom. The second-order valence-electron chi connectivity index (χ2n) is 7.33. The fourth-order valence-electron chi connectivity index (χ4n) is 3.80. The summed E-state index contributed by atoms with van der Waals surface area (Å²) in [4.78, 5) is 17.4. The Morgan fingerprint density at radius 1 is 0.839 bits per heavy atom. The standard InChI is InChI=1S/C25H15Br2NO3/c1-13-2-8-20(28-12-13)24-23(19-11-16(27)6-7-17(19)25(30)31-24)22-18-10-15(26)5-3-14(18)4-9-21(22)29/h2-12,29H,1H3. The molecule has 0 amide bonds. The highest BCUT2D eigenvalue weighted by Crippen LogP contribution is 2.45. The number of pyridine rings is 1. The van der Waals surface area contributed by atoms with Gasteiger partial charge in [0, 0.05) is 31.7 Å². The molecule has 5 rings (SSSR count). The number of hydrogen-bond acceptors (Lipinski definition) is 4. The molecule has 0 spiro atoms. The lowest BCUT2D eigenvalue weighted by Crippen LogP contribution is -2.04. The van der Waals surface area contributed by atoms with E-state index in [0.717, 1.165) is 25.3 Å². The summed E-state index contributed by atoms with van der Waals surface area (Å²) in [6, 6.07) is 18.5. The molecular weight excluding hydrogens is 522 g/mol. The smallest absolute Gasteiger partial charge is 0.344 e. The fourth-order valence-corrected chi connectivity index (χ4v) is 4.52. The minimum atomic E-state index is -0.454. The monoisotopic (exact) mass is 535 g/mol. The first-order valence-corrected chi connectivity index (χ1v) is 11.1. The van der Waals surface area contributed by atoms with Gasteiger partial charge >= 0.3 is 5.63 Å². The molecule has 2 aromatic heterocycles. The van der Waals surface area contributed by atoms with Crippen molar-refractivity contribution in [2.24, 2.45) is 0 Å². The summed E-state index contributed by atoms with van der Waals surface area (Å²) in [5.41, 5.74) is 2.26. The van der Waals surface area contributed by atoms with Crippen molar-refractivity contribution in [2.45, 2.75) is 6.92 Å². The lowest BCUT2D eigenvalue weighted by molar-refractivity contribution is 0.477. The van der Waals surface area contributed by atoms with Crippen molar-refractivity contribution < 1.29 is 9.52 Å². The molecule has 0 fully saturated rings. The van der Waals surface area contributed by atoms with Gasteiger partial charge in [0.1, 0.15) is 11.4 Å². The molecule has 0 aliphatic heterocycles. The van der Waals surface area contributed by atoms with Gasteiger partial charge in [-0.05, 0) is 65.7 Å². The average molecular weight is 537 g/mol. The summed E-state index contributed by atoms with van der Waals surface area (Å²) >= 11 is 7.05. The van der Waals surface area contributed by atoms with E-state index in [1.165, 1.54) is 0 Å². The maximum absolute atomic E-state index is 12.9. The van der Waals surface area contributed by atoms with E-state index >= 15 is 0 Å². The lowest BCUT2D eigenvalue weighted by atomic mass is 9.92. The number of phenolic OH excluding ortho intramolecular Hbond substituents is 1. The van der Waals surface area contributed by atoms with E-state index < -0.39 is 5.63 Å². The molecule has 0 saturated heterocycles. The maximum Gasteiger partial charge on any atom is 0.344 e. The Kier molecular flexibility index (Phi) is 4.91. The number of benzene rings is 3. The molecule has 152 valence electrons. The van der Waals surface area contributed by atoms with Gasteiger partial charge < -0.3 is 9.52 Å². The van der Waals surface area contributed by atoms with E-state index in [0.29, 0.717) is 33.4 Å². The number of halogens is 2. The molecule has 0 bridgehead atoms. The van der Waals surface area contributed by atoms with Gasteiger partial charge in [-0.15, -0.1) is 0 Å². The number of nitrogens with zero attached hydrogens (tertiary/aromatic N) is 1. The van der Waals surface area contributed by atoms with Crippen LogP contribution in [0.15, 0.2) is 85.0 Å². The molecule has 6 heteroatoms. The highest BCUT2D eigenvalue weighted by Gasteiger charge is 2.22. The zero-order valence-electron chi connectivity index (χ0n) is 16.3. The maximum atomic E-state index is 12.9. The van der Waals surface area contributed by atoms with Crippen LogP contribution in [0.4, 0.5) is 0 Å². The lowest BCUT2D eigenvalue weighted by Gasteiger charge is -2.16. The Balaban J connectivity index is 2.02. The first kappa shape index (κ1) is 20.0. The molecule has 0 aliphatic carbocycles. The minimum Gasteiger partial charge on any atom is -0.507 e. The summed E-state index contributed by atoms with van der Waals surface area (Å²) in [5.74, 6) is 0.410. The third-order valence-corrected chi connectivity index (χ3v) is 6.23. The predicted molar refractivity (Wildman–Crippen MR) is 130 cm³/mol. The van der Waals surface area contributed by atoms with Crippen LogP contribution in [0.1, 0.15) is 5.56 Å². The fraction of sp³-hybridized carbons (Fsp3) is 0.0400. The molecule has 4 nitrogen and oxygen atoms in total. The van der Waals surface area contributed by atoms with Gasteiger partial charge in [-0.1, -0.05) is 50.1 Å². The Bertz CT molecular complexity index is 1530. The summed E-state index contributed by atoms with van der Waals surface area (Å²) in [6.07, 6.45) is 1.73. The Morgan fingerprint density at radius 2 is 1.55 bits per heavy atom. The van der Waals surface area contributed by atoms with Gasteiger partial charge in [0.05, 0.1) is 5.39 Å². The van der Waals surface area contributed by atoms with Gasteiger partial charge in [-0.2, -0.15) is 0 Å². The van der Waals surface area contributed by atoms with Crippen molar-refractivity contribution in [1.29, 1.82) is 0 Å². The predicted octanol–water partition coefficient (Wildman–Crippen LogP) is 7.21. The highest BCUT2D eigenvalue weighted by atomic mass is 79.9. The van der Waals surface area contributed by atoms with E-state index in [1.807, 2.05) is 49.4 Å². The van der Waals surface area contributed by atoms with Crippen molar-refractivity contribution in [1.82, 2.24) is 4.98 Å². The molecule has 5 aromatic rings. The number of phenols is 1. The second-order valence-corrected chi connectivity index (χ2v) is 9.16. The largest absolute Gasteiger partial charge is 0.507 e. The third-order valence-electron chi connectivity index (χ3n) is 5.25. The van der Waals surface area contributed by atoms with E-state index in [2.05, 4.69) is 36.8 Å². The average Bonchev–Trinajstić information content (AvgIpc) is 2.75. The molecule has 0 radical (unpaired) electrons. The van der Waals surface area contributed by atoms with Gasteiger partial charge in [-0.3, -0.25) is 4.98 Å². The molecule has 0 atom stereocenters. The van der Waals surface area contributed by atoms with Crippen LogP contribution < -0.4 is 5.63 Å². The van der Waals surface area contributed by atoms with Crippen LogP contribution in [0, 0.1) is 6.92 Å². The van der Waals surface area contributed by atoms with E-state index in [-0.39, 0.29) is 5.75 Å². The Labute approximate surface area is 194 Å². The molecule has 0 unspecified atom stereocenters. The second kappa shape index (κ2) is 7.62. The normalized spacial score (nSPS) is 11.3. The van der Waals surface area contributed by atoms with E-state index in [4.69, 9.17) is 4.42 Å². The highest BCUT2D eigenvalue weighted by molar-refractivity contribution is 9.10.